The smallest absolute Gasteiger partial charge is 0.306 e. The molecule has 0 N–H and O–H groups in total. The van der Waals surface area contributed by atoms with Crippen LogP contribution in [0.5, 0.6) is 0 Å². The lowest BCUT2D eigenvalue weighted by Crippen LogP contribution is -2.30. The first-order chi connectivity index (χ1) is 38.0. The van der Waals surface area contributed by atoms with Crippen LogP contribution in [0.3, 0.4) is 0 Å². The lowest BCUT2D eigenvalue weighted by atomic mass is 10.0. The third kappa shape index (κ3) is 63.6. The van der Waals surface area contributed by atoms with E-state index in [2.05, 4.69) is 93.7 Å². The lowest BCUT2D eigenvalue weighted by Gasteiger charge is -2.18. The molecule has 0 radical (unpaired) electrons. The Morgan fingerprint density at radius 2 is 0.506 bits per heavy atom. The number of hydrogen-bond acceptors (Lipinski definition) is 6. The Balaban J connectivity index is 4.34. The quantitative estimate of drug-likeness (QED) is 0.0261. The standard InChI is InChI=1S/C71H126O6/c1-4-7-10-13-16-19-22-25-28-30-32-34-36-38-39-41-43-46-49-52-55-58-61-64-70(73)76-67-68(66-75-69(72)63-60-57-54-51-48-45-27-24-21-18-15-12-9-6-3)77-71(74)65-62-59-56-53-50-47-44-42-40-37-35-33-31-29-26-23-20-17-14-11-8-5-2/h7,10,16,19,24-25,27-28,32,34,38-39,68H,4-6,8-9,11-15,17-18,20-23,26,29-31,33,35-37,40-67H2,1-3H3/b10-7-,19-16-,27-24-,28-25-,34-32-,39-38-. The summed E-state index contributed by atoms with van der Waals surface area (Å²) in [6.07, 6.45) is 84.8. The van der Waals surface area contributed by atoms with Crippen molar-refractivity contribution in [1.82, 2.24) is 0 Å². The first-order valence-electron chi connectivity index (χ1n) is 33.4. The number of rotatable bonds is 61. The van der Waals surface area contributed by atoms with E-state index in [1.54, 1.807) is 0 Å². The Labute approximate surface area is 478 Å². The molecule has 6 heteroatoms. The van der Waals surface area contributed by atoms with Gasteiger partial charge in [-0.3, -0.25) is 14.4 Å². The Hall–Kier alpha value is -3.15. The third-order valence-corrected chi connectivity index (χ3v) is 14.7. The largest absolute Gasteiger partial charge is 0.462 e. The second-order valence-electron chi connectivity index (χ2n) is 22.4. The van der Waals surface area contributed by atoms with Gasteiger partial charge in [0.2, 0.25) is 0 Å². The fourth-order valence-corrected chi connectivity index (χ4v) is 9.70. The number of esters is 3. The van der Waals surface area contributed by atoms with Gasteiger partial charge in [-0.25, -0.2) is 0 Å². The van der Waals surface area contributed by atoms with Crippen LogP contribution < -0.4 is 0 Å². The number of hydrogen-bond donors (Lipinski definition) is 0. The van der Waals surface area contributed by atoms with E-state index in [4.69, 9.17) is 14.2 Å². The number of unbranched alkanes of at least 4 members (excludes halogenated alkanes) is 38. The third-order valence-electron chi connectivity index (χ3n) is 14.7. The predicted molar refractivity (Wildman–Crippen MR) is 335 cm³/mol. The van der Waals surface area contributed by atoms with Crippen LogP contribution in [0.25, 0.3) is 0 Å². The Kier molecular flexibility index (Phi) is 62.7. The zero-order valence-electron chi connectivity index (χ0n) is 51.2. The average molecular weight is 1080 g/mol. The molecule has 0 aromatic rings. The molecule has 0 fully saturated rings. The predicted octanol–water partition coefficient (Wildman–Crippen LogP) is 22.9. The van der Waals surface area contributed by atoms with Crippen molar-refractivity contribution < 1.29 is 28.6 Å². The van der Waals surface area contributed by atoms with Gasteiger partial charge in [0.25, 0.3) is 0 Å². The molecule has 77 heavy (non-hydrogen) atoms. The van der Waals surface area contributed by atoms with Gasteiger partial charge in [0.05, 0.1) is 0 Å². The van der Waals surface area contributed by atoms with Crippen molar-refractivity contribution in [3.05, 3.63) is 72.9 Å². The molecule has 6 nitrogen and oxygen atoms in total. The van der Waals surface area contributed by atoms with Crippen molar-refractivity contribution >= 4 is 17.9 Å². The minimum Gasteiger partial charge on any atom is -0.462 e. The first-order valence-corrected chi connectivity index (χ1v) is 33.4. The van der Waals surface area contributed by atoms with E-state index >= 15 is 0 Å². The molecule has 0 rings (SSSR count). The van der Waals surface area contributed by atoms with E-state index in [1.165, 1.54) is 199 Å². The lowest BCUT2D eigenvalue weighted by molar-refractivity contribution is -0.167. The van der Waals surface area contributed by atoms with Crippen LogP contribution in [-0.4, -0.2) is 37.2 Å². The van der Waals surface area contributed by atoms with E-state index in [0.29, 0.717) is 19.3 Å². The number of carbonyl (C=O) groups is 3. The Bertz CT molecular complexity index is 1420. The molecule has 1 atom stereocenters. The fraction of sp³-hybridized carbons (Fsp3) is 0.789. The highest BCUT2D eigenvalue weighted by Crippen LogP contribution is 2.17. The van der Waals surface area contributed by atoms with E-state index in [9.17, 15) is 14.4 Å². The first kappa shape index (κ1) is 73.8. The van der Waals surface area contributed by atoms with Crippen LogP contribution in [0.2, 0.25) is 0 Å². The van der Waals surface area contributed by atoms with Gasteiger partial charge in [-0.1, -0.05) is 306 Å². The molecule has 0 bridgehead atoms. The molecule has 0 heterocycles. The molecule has 0 saturated carbocycles. The normalized spacial score (nSPS) is 12.5. The van der Waals surface area contributed by atoms with Gasteiger partial charge in [-0.05, 0) is 89.9 Å². The molecule has 0 aliphatic carbocycles. The second-order valence-corrected chi connectivity index (χ2v) is 22.4. The highest BCUT2D eigenvalue weighted by atomic mass is 16.6. The van der Waals surface area contributed by atoms with Gasteiger partial charge in [0, 0.05) is 19.3 Å². The highest BCUT2D eigenvalue weighted by Gasteiger charge is 2.19. The molecular weight excluding hydrogens is 949 g/mol. The summed E-state index contributed by atoms with van der Waals surface area (Å²) in [5, 5.41) is 0. The van der Waals surface area contributed by atoms with Crippen molar-refractivity contribution in [2.24, 2.45) is 0 Å². The molecule has 0 aliphatic rings. The molecule has 0 aliphatic heterocycles. The fourth-order valence-electron chi connectivity index (χ4n) is 9.70. The summed E-state index contributed by atoms with van der Waals surface area (Å²) in [6, 6.07) is 0. The van der Waals surface area contributed by atoms with E-state index in [0.717, 1.165) is 103 Å². The van der Waals surface area contributed by atoms with Gasteiger partial charge in [0.15, 0.2) is 6.10 Å². The van der Waals surface area contributed by atoms with Crippen LogP contribution in [0, 0.1) is 0 Å². The Morgan fingerprint density at radius 1 is 0.273 bits per heavy atom. The molecule has 0 aromatic carbocycles. The van der Waals surface area contributed by atoms with E-state index in [1.807, 2.05) is 0 Å². The second kappa shape index (κ2) is 65.4. The van der Waals surface area contributed by atoms with Crippen LogP contribution in [-0.2, 0) is 28.6 Å². The summed E-state index contributed by atoms with van der Waals surface area (Å²) < 4.78 is 17.0. The summed E-state index contributed by atoms with van der Waals surface area (Å²) >= 11 is 0. The van der Waals surface area contributed by atoms with Crippen molar-refractivity contribution in [2.75, 3.05) is 13.2 Å². The van der Waals surface area contributed by atoms with Crippen LogP contribution >= 0.6 is 0 Å². The molecule has 0 spiro atoms. The van der Waals surface area contributed by atoms with Crippen molar-refractivity contribution in [3.8, 4) is 0 Å². The number of carbonyl (C=O) groups excluding carboxylic acids is 3. The van der Waals surface area contributed by atoms with Crippen molar-refractivity contribution in [1.29, 1.82) is 0 Å². The summed E-state index contributed by atoms with van der Waals surface area (Å²) in [7, 11) is 0. The van der Waals surface area contributed by atoms with Crippen molar-refractivity contribution in [3.63, 3.8) is 0 Å². The zero-order valence-corrected chi connectivity index (χ0v) is 51.2. The summed E-state index contributed by atoms with van der Waals surface area (Å²) in [6.45, 7) is 6.55. The SMILES string of the molecule is CC/C=C\C/C=C\C/C=C\C/C=C\C/C=C\CCCCCCCCCC(=O)OCC(COC(=O)CCCCCCC/C=C\CCCCCCC)OC(=O)CCCCCCCCCCCCCCCCCCCCCCCC. The highest BCUT2D eigenvalue weighted by molar-refractivity contribution is 5.71. The summed E-state index contributed by atoms with van der Waals surface area (Å²) in [5.74, 6) is -0.880. The monoisotopic (exact) mass is 1070 g/mol. The van der Waals surface area contributed by atoms with Gasteiger partial charge in [-0.2, -0.15) is 0 Å². The summed E-state index contributed by atoms with van der Waals surface area (Å²) in [5.41, 5.74) is 0. The van der Waals surface area contributed by atoms with E-state index in [-0.39, 0.29) is 31.1 Å². The maximum atomic E-state index is 12.9. The van der Waals surface area contributed by atoms with Gasteiger partial charge >= 0.3 is 17.9 Å². The van der Waals surface area contributed by atoms with Gasteiger partial charge < -0.3 is 14.2 Å². The minimum absolute atomic E-state index is 0.0801. The molecule has 0 saturated heterocycles. The number of ether oxygens (including phenoxy) is 3. The number of allylic oxidation sites excluding steroid dienone is 12. The average Bonchev–Trinajstić information content (AvgIpc) is 3.43. The minimum atomic E-state index is -0.783. The van der Waals surface area contributed by atoms with Gasteiger partial charge in [-0.15, -0.1) is 0 Å². The topological polar surface area (TPSA) is 78.9 Å². The van der Waals surface area contributed by atoms with Crippen LogP contribution in [0.4, 0.5) is 0 Å². The zero-order chi connectivity index (χ0) is 55.7. The molecule has 0 amide bonds. The van der Waals surface area contributed by atoms with Crippen molar-refractivity contribution in [2.45, 2.75) is 348 Å². The van der Waals surface area contributed by atoms with Crippen LogP contribution in [0.15, 0.2) is 72.9 Å². The molecular formula is C71H126O6. The van der Waals surface area contributed by atoms with Crippen LogP contribution in [0.1, 0.15) is 342 Å². The molecule has 1 unspecified atom stereocenters. The van der Waals surface area contributed by atoms with Gasteiger partial charge in [0.1, 0.15) is 13.2 Å². The molecule has 446 valence electrons. The molecule has 0 aromatic heterocycles. The summed E-state index contributed by atoms with van der Waals surface area (Å²) in [4.78, 5) is 38.4. The van der Waals surface area contributed by atoms with E-state index < -0.39 is 6.10 Å². The maximum absolute atomic E-state index is 12.9. The maximum Gasteiger partial charge on any atom is 0.306 e. The Morgan fingerprint density at radius 3 is 0.805 bits per heavy atom.